The topological polar surface area (TPSA) is 38.5 Å². The summed E-state index contributed by atoms with van der Waals surface area (Å²) in [5.74, 6) is 0.703. The Labute approximate surface area is 101 Å². The van der Waals surface area contributed by atoms with Crippen molar-refractivity contribution in [2.45, 2.75) is 52.7 Å². The highest BCUT2D eigenvalue weighted by atomic mass is 16.5. The van der Waals surface area contributed by atoms with Crippen LogP contribution in [0.15, 0.2) is 0 Å². The zero-order valence-corrected chi connectivity index (χ0v) is 11.7. The normalized spacial score (nSPS) is 14.1. The van der Waals surface area contributed by atoms with Gasteiger partial charge in [0.2, 0.25) is 0 Å². The van der Waals surface area contributed by atoms with Gasteiger partial charge in [0, 0.05) is 19.1 Å². The van der Waals surface area contributed by atoms with Crippen LogP contribution in [0.1, 0.15) is 40.5 Å². The van der Waals surface area contributed by atoms with Crippen molar-refractivity contribution in [3.05, 3.63) is 0 Å². The molecule has 0 radical (unpaired) electrons. The van der Waals surface area contributed by atoms with E-state index in [0.29, 0.717) is 18.1 Å². The first-order valence-corrected chi connectivity index (χ1v) is 6.58. The molecule has 0 saturated carbocycles. The highest BCUT2D eigenvalue weighted by Gasteiger charge is 2.20. The molecular formula is C13H30N2O. The maximum atomic E-state index is 5.87. The molecule has 0 saturated heterocycles. The van der Waals surface area contributed by atoms with Crippen LogP contribution < -0.4 is 5.73 Å². The van der Waals surface area contributed by atoms with Gasteiger partial charge in [-0.2, -0.15) is 0 Å². The van der Waals surface area contributed by atoms with Gasteiger partial charge in [-0.3, -0.25) is 4.90 Å². The lowest BCUT2D eigenvalue weighted by atomic mass is 9.93. The summed E-state index contributed by atoms with van der Waals surface area (Å²) in [7, 11) is 2.15. The number of hydrogen-bond acceptors (Lipinski definition) is 3. The second-order valence-electron chi connectivity index (χ2n) is 4.78. The van der Waals surface area contributed by atoms with E-state index in [9.17, 15) is 0 Å². The maximum absolute atomic E-state index is 5.87. The lowest BCUT2D eigenvalue weighted by molar-refractivity contribution is 0.0488. The van der Waals surface area contributed by atoms with E-state index in [-0.39, 0.29) is 0 Å². The molecule has 0 aromatic carbocycles. The fourth-order valence-corrected chi connectivity index (χ4v) is 2.16. The molecule has 1 unspecified atom stereocenters. The van der Waals surface area contributed by atoms with E-state index >= 15 is 0 Å². The number of likely N-dealkylation sites (N-methyl/N-ethyl adjacent to an activating group) is 1. The van der Waals surface area contributed by atoms with Crippen LogP contribution >= 0.6 is 0 Å². The van der Waals surface area contributed by atoms with Gasteiger partial charge in [0.25, 0.3) is 0 Å². The van der Waals surface area contributed by atoms with Gasteiger partial charge in [-0.1, -0.05) is 26.7 Å². The minimum Gasteiger partial charge on any atom is -0.377 e. The first-order valence-electron chi connectivity index (χ1n) is 6.58. The summed E-state index contributed by atoms with van der Waals surface area (Å²) in [6.07, 6.45) is 2.72. The SMILES string of the molecule is CCC(CC)C(CN)N(C)CCOC(C)C. The lowest BCUT2D eigenvalue weighted by Gasteiger charge is -2.33. The van der Waals surface area contributed by atoms with Gasteiger partial charge in [-0.15, -0.1) is 0 Å². The third-order valence-corrected chi connectivity index (χ3v) is 3.30. The largest absolute Gasteiger partial charge is 0.377 e. The van der Waals surface area contributed by atoms with Crippen molar-refractivity contribution in [1.29, 1.82) is 0 Å². The van der Waals surface area contributed by atoms with Gasteiger partial charge in [0.1, 0.15) is 0 Å². The average Bonchev–Trinajstić information content (AvgIpc) is 2.24. The Hall–Kier alpha value is -0.120. The Kier molecular flexibility index (Phi) is 8.90. The fourth-order valence-electron chi connectivity index (χ4n) is 2.16. The summed E-state index contributed by atoms with van der Waals surface area (Å²) < 4.78 is 5.57. The Morgan fingerprint density at radius 1 is 1.19 bits per heavy atom. The first kappa shape index (κ1) is 15.9. The van der Waals surface area contributed by atoms with Gasteiger partial charge in [0.05, 0.1) is 12.7 Å². The lowest BCUT2D eigenvalue weighted by Crippen LogP contribution is -2.44. The highest BCUT2D eigenvalue weighted by molar-refractivity contribution is 4.77. The fraction of sp³-hybridized carbons (Fsp3) is 1.00. The van der Waals surface area contributed by atoms with E-state index in [2.05, 4.69) is 39.6 Å². The molecule has 0 aliphatic heterocycles. The van der Waals surface area contributed by atoms with Crippen LogP contribution in [0.4, 0.5) is 0 Å². The minimum atomic E-state index is 0.317. The summed E-state index contributed by atoms with van der Waals surface area (Å²) in [6.45, 7) is 11.1. The summed E-state index contributed by atoms with van der Waals surface area (Å²) in [4.78, 5) is 2.35. The van der Waals surface area contributed by atoms with Crippen molar-refractivity contribution in [1.82, 2.24) is 4.90 Å². The third kappa shape index (κ3) is 5.83. The van der Waals surface area contributed by atoms with Crippen LogP contribution in [-0.4, -0.2) is 43.8 Å². The number of rotatable bonds is 9. The number of nitrogens with zero attached hydrogens (tertiary/aromatic N) is 1. The van der Waals surface area contributed by atoms with E-state index in [4.69, 9.17) is 10.5 Å². The zero-order valence-electron chi connectivity index (χ0n) is 11.7. The van der Waals surface area contributed by atoms with E-state index in [0.717, 1.165) is 19.7 Å². The molecule has 0 aromatic rings. The van der Waals surface area contributed by atoms with Crippen LogP contribution in [0, 0.1) is 5.92 Å². The van der Waals surface area contributed by atoms with Crippen LogP contribution in [0.3, 0.4) is 0 Å². The quantitative estimate of drug-likeness (QED) is 0.659. The molecule has 0 amide bonds. The molecule has 2 N–H and O–H groups in total. The Morgan fingerprint density at radius 3 is 2.12 bits per heavy atom. The Balaban J connectivity index is 4.03. The van der Waals surface area contributed by atoms with Crippen molar-refractivity contribution < 1.29 is 4.74 Å². The van der Waals surface area contributed by atoms with E-state index in [1.165, 1.54) is 12.8 Å². The Morgan fingerprint density at radius 2 is 1.75 bits per heavy atom. The molecule has 0 rings (SSSR count). The van der Waals surface area contributed by atoms with Crippen molar-refractivity contribution in [3.63, 3.8) is 0 Å². The maximum Gasteiger partial charge on any atom is 0.0596 e. The summed E-state index contributed by atoms with van der Waals surface area (Å²) in [5.41, 5.74) is 5.87. The predicted molar refractivity (Wildman–Crippen MR) is 70.6 cm³/mol. The monoisotopic (exact) mass is 230 g/mol. The molecule has 0 spiro atoms. The number of ether oxygens (including phenoxy) is 1. The van der Waals surface area contributed by atoms with Crippen LogP contribution in [0.25, 0.3) is 0 Å². The summed E-state index contributed by atoms with van der Waals surface area (Å²) in [5, 5.41) is 0. The number of nitrogens with two attached hydrogens (primary N) is 1. The molecule has 16 heavy (non-hydrogen) atoms. The molecule has 0 heterocycles. The second kappa shape index (κ2) is 8.97. The van der Waals surface area contributed by atoms with Crippen LogP contribution in [0.5, 0.6) is 0 Å². The van der Waals surface area contributed by atoms with Crippen molar-refractivity contribution >= 4 is 0 Å². The van der Waals surface area contributed by atoms with Crippen LogP contribution in [0.2, 0.25) is 0 Å². The molecule has 3 heteroatoms. The molecule has 1 atom stereocenters. The standard InChI is InChI=1S/C13H30N2O/c1-6-12(7-2)13(10-14)15(5)8-9-16-11(3)4/h11-13H,6-10,14H2,1-5H3. The molecular weight excluding hydrogens is 200 g/mol. The second-order valence-corrected chi connectivity index (χ2v) is 4.78. The predicted octanol–water partition coefficient (Wildman–Crippen LogP) is 2.11. The Bertz CT molecular complexity index is 158. The first-order chi connectivity index (χ1) is 7.56. The molecule has 0 aromatic heterocycles. The minimum absolute atomic E-state index is 0.317. The molecule has 0 aliphatic carbocycles. The molecule has 0 bridgehead atoms. The van der Waals surface area contributed by atoms with Crippen molar-refractivity contribution in [2.75, 3.05) is 26.7 Å². The van der Waals surface area contributed by atoms with Crippen molar-refractivity contribution in [2.24, 2.45) is 11.7 Å². The molecule has 0 aliphatic rings. The van der Waals surface area contributed by atoms with Gasteiger partial charge in [-0.25, -0.2) is 0 Å². The van der Waals surface area contributed by atoms with Gasteiger partial charge in [0.15, 0.2) is 0 Å². The van der Waals surface area contributed by atoms with Crippen LogP contribution in [-0.2, 0) is 4.74 Å². The van der Waals surface area contributed by atoms with Gasteiger partial charge >= 0.3 is 0 Å². The van der Waals surface area contributed by atoms with Crippen molar-refractivity contribution in [3.8, 4) is 0 Å². The molecule has 0 fully saturated rings. The highest BCUT2D eigenvalue weighted by Crippen LogP contribution is 2.16. The number of hydrogen-bond donors (Lipinski definition) is 1. The van der Waals surface area contributed by atoms with E-state index < -0.39 is 0 Å². The summed E-state index contributed by atoms with van der Waals surface area (Å²) in [6, 6.07) is 0.491. The zero-order chi connectivity index (χ0) is 12.6. The third-order valence-electron chi connectivity index (χ3n) is 3.30. The van der Waals surface area contributed by atoms with Gasteiger partial charge in [-0.05, 0) is 26.8 Å². The van der Waals surface area contributed by atoms with E-state index in [1.807, 2.05) is 0 Å². The molecule has 3 nitrogen and oxygen atoms in total. The van der Waals surface area contributed by atoms with E-state index in [1.54, 1.807) is 0 Å². The molecule has 98 valence electrons. The smallest absolute Gasteiger partial charge is 0.0596 e. The summed E-state index contributed by atoms with van der Waals surface area (Å²) >= 11 is 0. The van der Waals surface area contributed by atoms with Gasteiger partial charge < -0.3 is 10.5 Å². The average molecular weight is 230 g/mol.